The van der Waals surface area contributed by atoms with Crippen LogP contribution < -0.4 is 5.32 Å². The SMILES string of the molecule is C#CCCNCC1(SC)CCCCC1. The van der Waals surface area contributed by atoms with Crippen LogP contribution in [0.4, 0.5) is 0 Å². The van der Waals surface area contributed by atoms with Gasteiger partial charge in [-0.05, 0) is 19.1 Å². The third-order valence-electron chi connectivity index (χ3n) is 3.09. The summed E-state index contributed by atoms with van der Waals surface area (Å²) in [7, 11) is 0. The van der Waals surface area contributed by atoms with Gasteiger partial charge in [-0.15, -0.1) is 12.3 Å². The molecule has 0 amide bonds. The molecule has 0 aromatic carbocycles. The van der Waals surface area contributed by atoms with Crippen LogP contribution in [-0.2, 0) is 0 Å². The maximum Gasteiger partial charge on any atom is 0.0281 e. The highest BCUT2D eigenvalue weighted by Gasteiger charge is 2.30. The number of thioether (sulfide) groups is 1. The van der Waals surface area contributed by atoms with Crippen LogP contribution >= 0.6 is 11.8 Å². The van der Waals surface area contributed by atoms with Crippen molar-refractivity contribution in [2.45, 2.75) is 43.3 Å². The van der Waals surface area contributed by atoms with Gasteiger partial charge in [-0.3, -0.25) is 0 Å². The van der Waals surface area contributed by atoms with Gasteiger partial charge >= 0.3 is 0 Å². The van der Waals surface area contributed by atoms with Gasteiger partial charge in [0.05, 0.1) is 0 Å². The van der Waals surface area contributed by atoms with Gasteiger partial charge in [-0.2, -0.15) is 11.8 Å². The van der Waals surface area contributed by atoms with Crippen LogP contribution in [0.25, 0.3) is 0 Å². The van der Waals surface area contributed by atoms with Crippen molar-refractivity contribution in [3.8, 4) is 12.3 Å². The Labute approximate surface area is 92.4 Å². The standard InChI is InChI=1S/C12H21NS/c1-3-4-10-13-11-12(14-2)8-6-5-7-9-12/h1,13H,4-11H2,2H3. The summed E-state index contributed by atoms with van der Waals surface area (Å²) in [6, 6.07) is 0. The van der Waals surface area contributed by atoms with Crippen molar-refractivity contribution >= 4 is 11.8 Å². The molecular weight excluding hydrogens is 190 g/mol. The highest BCUT2D eigenvalue weighted by atomic mass is 32.2. The van der Waals surface area contributed by atoms with Gasteiger partial charge in [0.2, 0.25) is 0 Å². The Kier molecular flexibility index (Phi) is 5.44. The van der Waals surface area contributed by atoms with Gasteiger partial charge in [0, 0.05) is 24.3 Å². The molecule has 0 atom stereocenters. The lowest BCUT2D eigenvalue weighted by molar-refractivity contribution is 0.381. The van der Waals surface area contributed by atoms with Crippen LogP contribution in [0.2, 0.25) is 0 Å². The first kappa shape index (κ1) is 11.9. The molecule has 0 bridgehead atoms. The van der Waals surface area contributed by atoms with Gasteiger partial charge in [-0.1, -0.05) is 19.3 Å². The highest BCUT2D eigenvalue weighted by Crippen LogP contribution is 2.37. The number of rotatable bonds is 5. The first-order valence-electron chi connectivity index (χ1n) is 5.52. The van der Waals surface area contributed by atoms with Crippen LogP contribution in [-0.4, -0.2) is 24.1 Å². The lowest BCUT2D eigenvalue weighted by Crippen LogP contribution is -2.39. The Morgan fingerprint density at radius 1 is 1.36 bits per heavy atom. The molecule has 80 valence electrons. The van der Waals surface area contributed by atoms with Gasteiger partial charge in [-0.25, -0.2) is 0 Å². The van der Waals surface area contributed by atoms with E-state index >= 15 is 0 Å². The fourth-order valence-corrected chi connectivity index (χ4v) is 3.07. The van der Waals surface area contributed by atoms with Crippen LogP contribution in [0.3, 0.4) is 0 Å². The highest BCUT2D eigenvalue weighted by molar-refractivity contribution is 8.00. The molecule has 1 aliphatic rings. The van der Waals surface area contributed by atoms with Crippen molar-refractivity contribution in [3.63, 3.8) is 0 Å². The van der Waals surface area contributed by atoms with E-state index in [-0.39, 0.29) is 0 Å². The third-order valence-corrected chi connectivity index (χ3v) is 4.51. The number of hydrogen-bond acceptors (Lipinski definition) is 2. The van der Waals surface area contributed by atoms with Crippen LogP contribution in [0.1, 0.15) is 38.5 Å². The zero-order valence-electron chi connectivity index (χ0n) is 9.14. The van der Waals surface area contributed by atoms with E-state index in [9.17, 15) is 0 Å². The van der Waals surface area contributed by atoms with Crippen LogP contribution in [0.15, 0.2) is 0 Å². The van der Waals surface area contributed by atoms with E-state index in [1.165, 1.54) is 32.1 Å². The topological polar surface area (TPSA) is 12.0 Å². The normalized spacial score (nSPS) is 20.3. The van der Waals surface area contributed by atoms with Gasteiger partial charge in [0.1, 0.15) is 0 Å². The summed E-state index contributed by atoms with van der Waals surface area (Å²) >= 11 is 2.04. The third kappa shape index (κ3) is 3.55. The molecule has 1 nitrogen and oxygen atoms in total. The Balaban J connectivity index is 2.26. The summed E-state index contributed by atoms with van der Waals surface area (Å²) in [5, 5.41) is 3.48. The predicted molar refractivity (Wildman–Crippen MR) is 65.7 cm³/mol. The number of hydrogen-bond donors (Lipinski definition) is 1. The van der Waals surface area contributed by atoms with E-state index in [2.05, 4.69) is 17.5 Å². The van der Waals surface area contributed by atoms with Crippen molar-refractivity contribution < 1.29 is 0 Å². The van der Waals surface area contributed by atoms with Gasteiger partial charge < -0.3 is 5.32 Å². The summed E-state index contributed by atoms with van der Waals surface area (Å²) < 4.78 is 0.507. The first-order valence-corrected chi connectivity index (χ1v) is 6.75. The minimum atomic E-state index is 0.507. The Bertz CT molecular complexity index is 189. The van der Waals surface area contributed by atoms with E-state index in [1.54, 1.807) is 0 Å². The smallest absolute Gasteiger partial charge is 0.0281 e. The molecule has 0 aromatic heterocycles. The second-order valence-electron chi connectivity index (χ2n) is 4.08. The summed E-state index contributed by atoms with van der Waals surface area (Å²) in [6.45, 7) is 2.11. The zero-order valence-corrected chi connectivity index (χ0v) is 9.96. The van der Waals surface area contributed by atoms with E-state index in [0.717, 1.165) is 19.5 Å². The molecular formula is C12H21NS. The fourth-order valence-electron chi connectivity index (χ4n) is 2.13. The van der Waals surface area contributed by atoms with E-state index in [0.29, 0.717) is 4.75 Å². The molecule has 1 aliphatic carbocycles. The molecule has 0 unspecified atom stereocenters. The molecule has 1 N–H and O–H groups in total. The number of nitrogens with one attached hydrogen (secondary N) is 1. The predicted octanol–water partition coefficient (Wildman–Crippen LogP) is 2.67. The van der Waals surface area contributed by atoms with E-state index in [4.69, 9.17) is 6.42 Å². The number of terminal acetylenes is 1. The quantitative estimate of drug-likeness (QED) is 0.554. The van der Waals surface area contributed by atoms with Gasteiger partial charge in [0.15, 0.2) is 0 Å². The average molecular weight is 211 g/mol. The molecule has 2 heteroatoms. The molecule has 0 saturated heterocycles. The van der Waals surface area contributed by atoms with Crippen molar-refractivity contribution in [1.29, 1.82) is 0 Å². The summed E-state index contributed by atoms with van der Waals surface area (Å²) in [5.41, 5.74) is 0. The molecule has 1 rings (SSSR count). The van der Waals surface area contributed by atoms with Crippen molar-refractivity contribution in [3.05, 3.63) is 0 Å². The maximum atomic E-state index is 5.22. The monoisotopic (exact) mass is 211 g/mol. The average Bonchev–Trinajstić information content (AvgIpc) is 2.26. The second kappa shape index (κ2) is 6.37. The summed E-state index contributed by atoms with van der Waals surface area (Å²) in [5.74, 6) is 2.67. The Morgan fingerprint density at radius 3 is 2.64 bits per heavy atom. The minimum absolute atomic E-state index is 0.507. The van der Waals surface area contributed by atoms with E-state index in [1.807, 2.05) is 11.8 Å². The molecule has 1 saturated carbocycles. The molecule has 0 aliphatic heterocycles. The summed E-state index contributed by atoms with van der Waals surface area (Å²) in [6.07, 6.45) is 15.3. The first-order chi connectivity index (χ1) is 6.83. The molecule has 0 spiro atoms. The molecule has 0 heterocycles. The Morgan fingerprint density at radius 2 is 2.07 bits per heavy atom. The largest absolute Gasteiger partial charge is 0.314 e. The van der Waals surface area contributed by atoms with Crippen LogP contribution in [0.5, 0.6) is 0 Å². The second-order valence-corrected chi connectivity index (χ2v) is 5.35. The van der Waals surface area contributed by atoms with Crippen molar-refractivity contribution in [2.75, 3.05) is 19.3 Å². The maximum absolute atomic E-state index is 5.22. The Hall–Kier alpha value is -0.130. The molecule has 14 heavy (non-hydrogen) atoms. The van der Waals surface area contributed by atoms with Crippen LogP contribution in [0, 0.1) is 12.3 Å². The molecule has 0 radical (unpaired) electrons. The fraction of sp³-hybridized carbons (Fsp3) is 0.833. The summed E-state index contributed by atoms with van der Waals surface area (Å²) in [4.78, 5) is 0. The minimum Gasteiger partial charge on any atom is -0.314 e. The van der Waals surface area contributed by atoms with E-state index < -0.39 is 0 Å². The van der Waals surface area contributed by atoms with Crippen molar-refractivity contribution in [1.82, 2.24) is 5.32 Å². The zero-order chi connectivity index (χ0) is 10.3. The lowest BCUT2D eigenvalue weighted by atomic mass is 9.88. The van der Waals surface area contributed by atoms with Gasteiger partial charge in [0.25, 0.3) is 0 Å². The van der Waals surface area contributed by atoms with Crippen molar-refractivity contribution in [2.24, 2.45) is 0 Å². The molecule has 0 aromatic rings. The molecule has 1 fully saturated rings. The lowest BCUT2D eigenvalue weighted by Gasteiger charge is -2.36.